The van der Waals surface area contributed by atoms with Gasteiger partial charge in [-0.1, -0.05) is 0 Å². The van der Waals surface area contributed by atoms with Crippen molar-refractivity contribution in [3.63, 3.8) is 0 Å². The summed E-state index contributed by atoms with van der Waals surface area (Å²) in [6, 6.07) is 0. The van der Waals surface area contributed by atoms with Crippen molar-refractivity contribution >= 4 is 0 Å². The third-order valence-electron chi connectivity index (χ3n) is 1.35. The Hall–Kier alpha value is -0.700. The molecular weight excluding hydrogens is 104 g/mol. The first kappa shape index (κ1) is 4.21. The highest BCUT2D eigenvalue weighted by Gasteiger charge is 2.18. The predicted octanol–water partition coefficient (Wildman–Crippen LogP) is -0.460. The van der Waals surface area contributed by atoms with Crippen molar-refractivity contribution in [3.8, 4) is 0 Å². The van der Waals surface area contributed by atoms with Crippen LogP contribution in [0, 0.1) is 6.67 Å². The van der Waals surface area contributed by atoms with Gasteiger partial charge in [0.25, 0.3) is 0 Å². The summed E-state index contributed by atoms with van der Waals surface area (Å²) in [6.45, 7) is 3.30. The molecule has 0 aromatic carbocycles. The molecule has 0 amide bonds. The second-order valence-electron chi connectivity index (χ2n) is 1.88. The van der Waals surface area contributed by atoms with Crippen molar-refractivity contribution in [3.05, 3.63) is 18.1 Å². The van der Waals surface area contributed by atoms with Crippen LogP contribution in [0.2, 0.25) is 0 Å². The molecule has 0 fully saturated rings. The van der Waals surface area contributed by atoms with Gasteiger partial charge in [-0.15, -0.1) is 0 Å². The van der Waals surface area contributed by atoms with Crippen LogP contribution in [0.5, 0.6) is 0 Å². The molecule has 0 bridgehead atoms. The van der Waals surface area contributed by atoms with E-state index in [1.807, 2.05) is 6.67 Å². The Morgan fingerprint density at radius 2 is 1.88 bits per heavy atom. The van der Waals surface area contributed by atoms with Crippen molar-refractivity contribution in [2.75, 3.05) is 13.2 Å². The first-order valence-electron chi connectivity index (χ1n) is 2.61. The first-order valence-corrected chi connectivity index (χ1v) is 2.61. The van der Waals surface area contributed by atoms with E-state index >= 15 is 0 Å². The lowest BCUT2D eigenvalue weighted by atomic mass is 10.4. The normalized spacial score (nSPS) is 25.0. The molecule has 3 nitrogen and oxygen atoms in total. The Kier molecular flexibility index (Phi) is 0.729. The van der Waals surface area contributed by atoms with Crippen LogP contribution in [0.3, 0.4) is 0 Å². The lowest BCUT2D eigenvalue weighted by Gasteiger charge is -1.97. The van der Waals surface area contributed by atoms with Gasteiger partial charge in [-0.05, 0) is 0 Å². The highest BCUT2D eigenvalue weighted by atomic mass is 16.5. The highest BCUT2D eigenvalue weighted by molar-refractivity contribution is 5.22. The van der Waals surface area contributed by atoms with Gasteiger partial charge in [0.1, 0.15) is 6.67 Å². The van der Waals surface area contributed by atoms with Gasteiger partial charge in [0, 0.05) is 0 Å². The third kappa shape index (κ3) is 0.419. The van der Waals surface area contributed by atoms with Gasteiger partial charge in [0.15, 0.2) is 0 Å². The Morgan fingerprint density at radius 1 is 1.25 bits per heavy atom. The molecule has 2 aliphatic heterocycles. The third-order valence-corrected chi connectivity index (χ3v) is 1.35. The van der Waals surface area contributed by atoms with Crippen LogP contribution in [0.1, 0.15) is 0 Å². The van der Waals surface area contributed by atoms with Crippen LogP contribution < -0.4 is 10.6 Å². The van der Waals surface area contributed by atoms with Gasteiger partial charge in [-0.3, -0.25) is 0 Å². The summed E-state index contributed by atoms with van der Waals surface area (Å²) in [7, 11) is 0. The van der Waals surface area contributed by atoms with Gasteiger partial charge >= 0.3 is 0 Å². The molecule has 1 radical (unpaired) electrons. The molecule has 2 N–H and O–H groups in total. The molecule has 2 heterocycles. The molecule has 8 heavy (non-hydrogen) atoms. The number of ether oxygens (including phenoxy) is 1. The molecule has 2 rings (SSSR count). The summed E-state index contributed by atoms with van der Waals surface area (Å²) in [4.78, 5) is 0. The zero-order chi connectivity index (χ0) is 5.40. The maximum atomic E-state index is 5.09. The molecule has 0 spiro atoms. The van der Waals surface area contributed by atoms with E-state index < -0.39 is 0 Å². The van der Waals surface area contributed by atoms with Crippen molar-refractivity contribution in [1.82, 2.24) is 10.6 Å². The van der Waals surface area contributed by atoms with Crippen molar-refractivity contribution in [1.29, 1.82) is 0 Å². The number of hydrogen-bond donors (Lipinski definition) is 2. The largest absolute Gasteiger partial charge is 0.369 e. The van der Waals surface area contributed by atoms with Gasteiger partial charge < -0.3 is 15.4 Å². The molecule has 0 unspecified atom stereocenters. The van der Waals surface area contributed by atoms with E-state index in [2.05, 4.69) is 10.6 Å². The smallest absolute Gasteiger partial charge is 0.136 e. The molecular formula is C5H7N2O. The minimum absolute atomic E-state index is 0.735. The van der Waals surface area contributed by atoms with E-state index in [9.17, 15) is 0 Å². The minimum atomic E-state index is 0.735. The quantitative estimate of drug-likeness (QED) is 0.444. The zero-order valence-electron chi connectivity index (χ0n) is 4.40. The average molecular weight is 111 g/mol. The SMILES string of the molecule is [CH]1NC2=C(COC2)N1. The lowest BCUT2D eigenvalue weighted by molar-refractivity contribution is 0.197. The Labute approximate surface area is 47.7 Å². The standard InChI is InChI=1S/C5H7N2O/c1-4-5(2-8-1)7-3-6-4/h3,6-7H,1-2H2. The number of hydrogen-bond acceptors (Lipinski definition) is 3. The molecule has 0 aromatic heterocycles. The monoisotopic (exact) mass is 111 g/mol. The molecule has 0 aliphatic carbocycles. The minimum Gasteiger partial charge on any atom is -0.369 e. The maximum absolute atomic E-state index is 5.09. The van der Waals surface area contributed by atoms with Crippen molar-refractivity contribution < 1.29 is 4.74 Å². The summed E-state index contributed by atoms with van der Waals surface area (Å²) in [6.07, 6.45) is 0. The topological polar surface area (TPSA) is 33.3 Å². The van der Waals surface area contributed by atoms with Gasteiger partial charge in [-0.25, -0.2) is 0 Å². The van der Waals surface area contributed by atoms with Crippen LogP contribution in [-0.4, -0.2) is 13.2 Å². The van der Waals surface area contributed by atoms with Gasteiger partial charge in [0.2, 0.25) is 0 Å². The fourth-order valence-electron chi connectivity index (χ4n) is 0.897. The van der Waals surface area contributed by atoms with E-state index in [0.29, 0.717) is 0 Å². The molecule has 0 saturated heterocycles. The number of rotatable bonds is 0. The van der Waals surface area contributed by atoms with Crippen LogP contribution in [0.25, 0.3) is 0 Å². The predicted molar refractivity (Wildman–Crippen MR) is 28.4 cm³/mol. The highest BCUT2D eigenvalue weighted by Crippen LogP contribution is 2.12. The average Bonchev–Trinajstić information content (AvgIpc) is 2.15. The van der Waals surface area contributed by atoms with Crippen molar-refractivity contribution in [2.24, 2.45) is 0 Å². The van der Waals surface area contributed by atoms with E-state index in [4.69, 9.17) is 4.74 Å². The fraction of sp³-hybridized carbons (Fsp3) is 0.400. The number of nitrogens with one attached hydrogen (secondary N) is 2. The molecule has 0 atom stereocenters. The Balaban J connectivity index is 2.23. The maximum Gasteiger partial charge on any atom is 0.136 e. The molecule has 43 valence electrons. The second-order valence-corrected chi connectivity index (χ2v) is 1.88. The van der Waals surface area contributed by atoms with Crippen LogP contribution in [0.15, 0.2) is 11.4 Å². The van der Waals surface area contributed by atoms with Crippen molar-refractivity contribution in [2.45, 2.75) is 0 Å². The van der Waals surface area contributed by atoms with Crippen LogP contribution in [-0.2, 0) is 4.74 Å². The molecule has 0 aromatic rings. The lowest BCUT2D eigenvalue weighted by Crippen LogP contribution is -2.13. The molecule has 3 heteroatoms. The van der Waals surface area contributed by atoms with E-state index in [1.165, 1.54) is 11.4 Å². The van der Waals surface area contributed by atoms with Gasteiger partial charge in [-0.2, -0.15) is 0 Å². The van der Waals surface area contributed by atoms with E-state index in [0.717, 1.165) is 13.2 Å². The van der Waals surface area contributed by atoms with Crippen LogP contribution in [0.4, 0.5) is 0 Å². The summed E-state index contributed by atoms with van der Waals surface area (Å²) in [5.41, 5.74) is 2.37. The summed E-state index contributed by atoms with van der Waals surface area (Å²) < 4.78 is 5.09. The molecule has 0 saturated carbocycles. The van der Waals surface area contributed by atoms with Crippen LogP contribution >= 0.6 is 0 Å². The summed E-state index contributed by atoms with van der Waals surface area (Å²) >= 11 is 0. The summed E-state index contributed by atoms with van der Waals surface area (Å²) in [5, 5.41) is 6.07. The molecule has 2 aliphatic rings. The summed E-state index contributed by atoms with van der Waals surface area (Å²) in [5.74, 6) is 0. The van der Waals surface area contributed by atoms with E-state index in [1.54, 1.807) is 0 Å². The Morgan fingerprint density at radius 3 is 2.50 bits per heavy atom. The fourth-order valence-corrected chi connectivity index (χ4v) is 0.897. The first-order chi connectivity index (χ1) is 3.97. The second kappa shape index (κ2) is 1.39. The zero-order valence-corrected chi connectivity index (χ0v) is 4.40. The van der Waals surface area contributed by atoms with E-state index in [-0.39, 0.29) is 0 Å². The van der Waals surface area contributed by atoms with Gasteiger partial charge in [0.05, 0.1) is 24.6 Å². The Bertz CT molecular complexity index is 113.